The van der Waals surface area contributed by atoms with Crippen molar-refractivity contribution in [2.24, 2.45) is 0 Å². The number of furan rings is 1. The number of benzene rings is 2. The van der Waals surface area contributed by atoms with E-state index in [1.54, 1.807) is 12.1 Å². The second-order valence-corrected chi connectivity index (χ2v) is 8.14. The Morgan fingerprint density at radius 2 is 1.85 bits per heavy atom. The number of carbonyl (C=O) groups excluding carboxylic acids is 2. The van der Waals surface area contributed by atoms with E-state index in [1.807, 2.05) is 24.3 Å². The number of ketones is 1. The van der Waals surface area contributed by atoms with E-state index in [2.05, 4.69) is 13.8 Å². The Hall–Kier alpha value is -4.20. The summed E-state index contributed by atoms with van der Waals surface area (Å²) in [5.41, 5.74) is 1.45. The van der Waals surface area contributed by atoms with Gasteiger partial charge in [0.15, 0.2) is 0 Å². The predicted octanol–water partition coefficient (Wildman–Crippen LogP) is 4.93. The topological polar surface area (TPSA) is 114 Å². The van der Waals surface area contributed by atoms with Crippen LogP contribution in [-0.2, 0) is 16.1 Å². The van der Waals surface area contributed by atoms with Crippen LogP contribution in [0.4, 0.5) is 5.69 Å². The molecule has 1 aromatic heterocycles. The first kappa shape index (κ1) is 22.0. The van der Waals surface area contributed by atoms with Crippen LogP contribution in [0.25, 0.3) is 5.76 Å². The van der Waals surface area contributed by atoms with Gasteiger partial charge >= 0.3 is 0 Å². The van der Waals surface area contributed by atoms with Gasteiger partial charge in [0.05, 0.1) is 29.3 Å². The Kier molecular flexibility index (Phi) is 5.83. The Morgan fingerprint density at radius 3 is 2.45 bits per heavy atom. The quantitative estimate of drug-likeness (QED) is 0.189. The molecule has 0 unspecified atom stereocenters. The van der Waals surface area contributed by atoms with Crippen molar-refractivity contribution in [3.8, 4) is 0 Å². The van der Waals surface area contributed by atoms with Crippen LogP contribution in [0.1, 0.15) is 48.3 Å². The first-order chi connectivity index (χ1) is 15.8. The highest BCUT2D eigenvalue weighted by atomic mass is 16.6. The van der Waals surface area contributed by atoms with E-state index >= 15 is 0 Å². The monoisotopic (exact) mass is 446 g/mol. The molecule has 4 rings (SSSR count). The van der Waals surface area contributed by atoms with Gasteiger partial charge in [0.2, 0.25) is 0 Å². The number of Topliss-reactive ketones (excluding diaryl/α,β-unsaturated/α-hetero) is 1. The molecule has 1 N–H and O–H groups in total. The zero-order valence-corrected chi connectivity index (χ0v) is 18.1. The van der Waals surface area contributed by atoms with Gasteiger partial charge in [-0.3, -0.25) is 19.7 Å². The SMILES string of the molecule is CC(C)c1ccc([C@@H]2C(=C(O)c3cccc([N+](=O)[O-])c3)C(=O)C(=O)N2Cc2ccco2)cc1. The van der Waals surface area contributed by atoms with E-state index < -0.39 is 28.4 Å². The molecule has 1 amide bonds. The fourth-order valence-corrected chi connectivity index (χ4v) is 3.95. The molecule has 0 saturated carbocycles. The number of hydrogen-bond donors (Lipinski definition) is 1. The number of nitro groups is 1. The summed E-state index contributed by atoms with van der Waals surface area (Å²) in [5, 5.41) is 22.3. The van der Waals surface area contributed by atoms with Gasteiger partial charge in [-0.05, 0) is 29.2 Å². The van der Waals surface area contributed by atoms with Crippen molar-refractivity contribution in [2.75, 3.05) is 0 Å². The largest absolute Gasteiger partial charge is 0.507 e. The highest BCUT2D eigenvalue weighted by Crippen LogP contribution is 2.41. The zero-order valence-electron chi connectivity index (χ0n) is 18.1. The minimum atomic E-state index is -0.879. The molecule has 3 aromatic rings. The van der Waals surface area contributed by atoms with E-state index in [1.165, 1.54) is 35.4 Å². The van der Waals surface area contributed by atoms with Gasteiger partial charge < -0.3 is 14.4 Å². The number of nitro benzene ring substituents is 1. The van der Waals surface area contributed by atoms with Crippen molar-refractivity contribution in [3.63, 3.8) is 0 Å². The standard InChI is InChI=1S/C25H22N2O6/c1-15(2)16-8-10-17(11-9-16)22-21(23(28)18-5-3-6-19(13-18)27(31)32)24(29)25(30)26(22)14-20-7-4-12-33-20/h3-13,15,22,28H,14H2,1-2H3/t22-/m1/s1. The second kappa shape index (κ2) is 8.74. The van der Waals surface area contributed by atoms with Crippen LogP contribution in [0.5, 0.6) is 0 Å². The molecule has 0 bridgehead atoms. The molecule has 33 heavy (non-hydrogen) atoms. The molecule has 1 aliphatic heterocycles. The number of hydrogen-bond acceptors (Lipinski definition) is 6. The van der Waals surface area contributed by atoms with Gasteiger partial charge in [0, 0.05) is 17.7 Å². The van der Waals surface area contributed by atoms with Gasteiger partial charge in [-0.15, -0.1) is 0 Å². The van der Waals surface area contributed by atoms with Gasteiger partial charge in [-0.1, -0.05) is 50.2 Å². The summed E-state index contributed by atoms with van der Waals surface area (Å²) in [6.07, 6.45) is 1.47. The van der Waals surface area contributed by atoms with Crippen molar-refractivity contribution in [2.45, 2.75) is 32.4 Å². The minimum absolute atomic E-state index is 0.0277. The lowest BCUT2D eigenvalue weighted by atomic mass is 9.93. The summed E-state index contributed by atoms with van der Waals surface area (Å²) >= 11 is 0. The van der Waals surface area contributed by atoms with Crippen LogP contribution >= 0.6 is 0 Å². The fraction of sp³-hybridized carbons (Fsp3) is 0.200. The average molecular weight is 446 g/mol. The van der Waals surface area contributed by atoms with Gasteiger partial charge in [-0.25, -0.2) is 0 Å². The molecule has 8 heteroatoms. The van der Waals surface area contributed by atoms with Crippen molar-refractivity contribution < 1.29 is 24.0 Å². The molecular formula is C25H22N2O6. The van der Waals surface area contributed by atoms with Gasteiger partial charge in [0.25, 0.3) is 17.4 Å². The maximum Gasteiger partial charge on any atom is 0.296 e. The Labute approximate surface area is 189 Å². The maximum absolute atomic E-state index is 13.1. The fourth-order valence-electron chi connectivity index (χ4n) is 3.95. The number of aliphatic hydroxyl groups excluding tert-OH is 1. The number of nitrogens with zero attached hydrogens (tertiary/aromatic N) is 2. The summed E-state index contributed by atoms with van der Waals surface area (Å²) in [4.78, 5) is 38.0. The molecule has 168 valence electrons. The van der Waals surface area contributed by atoms with E-state index in [9.17, 15) is 24.8 Å². The Bertz CT molecular complexity index is 1240. The molecule has 0 radical (unpaired) electrons. The third-order valence-corrected chi connectivity index (χ3v) is 5.70. The van der Waals surface area contributed by atoms with Crippen LogP contribution in [-0.4, -0.2) is 26.6 Å². The van der Waals surface area contributed by atoms with Gasteiger partial charge in [-0.2, -0.15) is 0 Å². The lowest BCUT2D eigenvalue weighted by molar-refractivity contribution is -0.384. The Morgan fingerprint density at radius 1 is 1.12 bits per heavy atom. The van der Waals surface area contributed by atoms with Crippen LogP contribution in [0.15, 0.2) is 76.9 Å². The molecule has 0 aliphatic carbocycles. The summed E-state index contributed by atoms with van der Waals surface area (Å²) in [6, 6.07) is 15.3. The normalized spacial score (nSPS) is 17.7. The maximum atomic E-state index is 13.1. The van der Waals surface area contributed by atoms with Crippen LogP contribution < -0.4 is 0 Å². The summed E-state index contributed by atoms with van der Waals surface area (Å²) < 4.78 is 5.38. The molecule has 1 atom stereocenters. The van der Waals surface area contributed by atoms with Crippen LogP contribution in [0, 0.1) is 10.1 Å². The number of likely N-dealkylation sites (tertiary alicyclic amines) is 1. The molecule has 2 aromatic carbocycles. The third-order valence-electron chi connectivity index (χ3n) is 5.70. The lowest BCUT2D eigenvalue weighted by Gasteiger charge is -2.25. The van der Waals surface area contributed by atoms with E-state index in [4.69, 9.17) is 4.42 Å². The highest BCUT2D eigenvalue weighted by molar-refractivity contribution is 6.46. The average Bonchev–Trinajstić information content (AvgIpc) is 3.41. The van der Waals surface area contributed by atoms with E-state index in [0.29, 0.717) is 17.2 Å². The van der Waals surface area contributed by atoms with Crippen molar-refractivity contribution in [3.05, 3.63) is 105 Å². The zero-order chi connectivity index (χ0) is 23.7. The molecule has 8 nitrogen and oxygen atoms in total. The third kappa shape index (κ3) is 4.15. The molecule has 2 heterocycles. The molecule has 1 saturated heterocycles. The summed E-state index contributed by atoms with van der Waals surface area (Å²) in [7, 11) is 0. The van der Waals surface area contributed by atoms with E-state index in [0.717, 1.165) is 5.56 Å². The second-order valence-electron chi connectivity index (χ2n) is 8.14. The first-order valence-corrected chi connectivity index (χ1v) is 10.4. The van der Waals surface area contributed by atoms with E-state index in [-0.39, 0.29) is 23.4 Å². The summed E-state index contributed by atoms with van der Waals surface area (Å²) in [6.45, 7) is 4.14. The summed E-state index contributed by atoms with van der Waals surface area (Å²) in [5.74, 6) is -1.33. The smallest absolute Gasteiger partial charge is 0.296 e. The highest BCUT2D eigenvalue weighted by Gasteiger charge is 2.46. The number of rotatable bonds is 6. The molecule has 0 spiro atoms. The van der Waals surface area contributed by atoms with Crippen LogP contribution in [0.3, 0.4) is 0 Å². The molecule has 1 fully saturated rings. The molecular weight excluding hydrogens is 424 g/mol. The Balaban J connectivity index is 1.86. The van der Waals surface area contributed by atoms with Crippen molar-refractivity contribution in [1.82, 2.24) is 4.90 Å². The van der Waals surface area contributed by atoms with Crippen molar-refractivity contribution in [1.29, 1.82) is 0 Å². The number of non-ortho nitro benzene ring substituents is 1. The number of amides is 1. The number of carbonyl (C=O) groups is 2. The van der Waals surface area contributed by atoms with Crippen molar-refractivity contribution >= 4 is 23.1 Å². The lowest BCUT2D eigenvalue weighted by Crippen LogP contribution is -2.29. The first-order valence-electron chi connectivity index (χ1n) is 10.4. The van der Waals surface area contributed by atoms with Crippen LogP contribution in [0.2, 0.25) is 0 Å². The predicted molar refractivity (Wildman–Crippen MR) is 120 cm³/mol. The van der Waals surface area contributed by atoms with Gasteiger partial charge in [0.1, 0.15) is 11.5 Å². The number of aliphatic hydroxyl groups is 1. The minimum Gasteiger partial charge on any atom is -0.507 e. The molecule has 1 aliphatic rings.